The molecule has 1 aliphatic heterocycles. The molecule has 0 radical (unpaired) electrons. The summed E-state index contributed by atoms with van der Waals surface area (Å²) in [4.78, 5) is 4.38. The van der Waals surface area contributed by atoms with Gasteiger partial charge in [0.05, 0.1) is 11.6 Å². The van der Waals surface area contributed by atoms with Gasteiger partial charge in [-0.2, -0.15) is 0 Å². The number of nitrogens with one attached hydrogen (secondary N) is 1. The van der Waals surface area contributed by atoms with Crippen molar-refractivity contribution in [2.45, 2.75) is 37.8 Å². The molecule has 2 heterocycles. The Morgan fingerprint density at radius 3 is 3.10 bits per heavy atom. The Bertz CT molecular complexity index is 564. The number of nitrogens with zero attached hydrogens (tertiary/aromatic N) is 1. The van der Waals surface area contributed by atoms with Gasteiger partial charge in [0.25, 0.3) is 0 Å². The lowest BCUT2D eigenvalue weighted by Crippen LogP contribution is -2.26. The average molecular weight is 270 g/mol. The lowest BCUT2D eigenvalue weighted by molar-refractivity contribution is 0.00549. The average Bonchev–Trinajstić information content (AvgIpc) is 2.53. The van der Waals surface area contributed by atoms with Crippen LogP contribution in [0, 0.1) is 0 Å². The standard InChI is InChI=1S/C17H22N2O/c1-18-17(12-15-6-2-3-10-20-15)14-7-8-16-13(11-14)5-4-9-19-16/h4-5,7-9,11,15,17-18H,2-3,6,10,12H2,1H3. The number of rotatable bonds is 4. The summed E-state index contributed by atoms with van der Waals surface area (Å²) < 4.78 is 5.87. The number of pyridine rings is 1. The van der Waals surface area contributed by atoms with E-state index in [0.29, 0.717) is 12.1 Å². The van der Waals surface area contributed by atoms with Crippen molar-refractivity contribution in [3.8, 4) is 0 Å². The van der Waals surface area contributed by atoms with Crippen LogP contribution in [0.1, 0.15) is 37.3 Å². The number of ether oxygens (including phenoxy) is 1. The minimum Gasteiger partial charge on any atom is -0.378 e. The van der Waals surface area contributed by atoms with Crippen molar-refractivity contribution in [1.29, 1.82) is 0 Å². The summed E-state index contributed by atoms with van der Waals surface area (Å²) in [5.41, 5.74) is 2.38. The van der Waals surface area contributed by atoms with E-state index in [0.717, 1.165) is 18.5 Å². The van der Waals surface area contributed by atoms with Crippen LogP contribution in [0.5, 0.6) is 0 Å². The Morgan fingerprint density at radius 2 is 2.30 bits per heavy atom. The summed E-state index contributed by atoms with van der Waals surface area (Å²) in [5.74, 6) is 0. The zero-order valence-corrected chi connectivity index (χ0v) is 12.0. The Hall–Kier alpha value is -1.45. The maximum Gasteiger partial charge on any atom is 0.0702 e. The Morgan fingerprint density at radius 1 is 1.35 bits per heavy atom. The first-order valence-corrected chi connectivity index (χ1v) is 7.50. The third kappa shape index (κ3) is 3.00. The van der Waals surface area contributed by atoms with Gasteiger partial charge in [-0.25, -0.2) is 0 Å². The normalized spacial score (nSPS) is 20.9. The molecular weight excluding hydrogens is 248 g/mol. The maximum absolute atomic E-state index is 5.87. The highest BCUT2D eigenvalue weighted by molar-refractivity contribution is 5.79. The summed E-state index contributed by atoms with van der Waals surface area (Å²) in [5, 5.41) is 4.63. The molecule has 1 aromatic heterocycles. The predicted octanol–water partition coefficient (Wildman–Crippen LogP) is 3.45. The molecule has 1 N–H and O–H groups in total. The third-order valence-electron chi connectivity index (χ3n) is 4.15. The first-order chi connectivity index (χ1) is 9.86. The second kappa shape index (κ2) is 6.33. The van der Waals surface area contributed by atoms with Crippen LogP contribution >= 0.6 is 0 Å². The third-order valence-corrected chi connectivity index (χ3v) is 4.15. The van der Waals surface area contributed by atoms with Gasteiger partial charge in [0, 0.05) is 24.2 Å². The minimum atomic E-state index is 0.350. The van der Waals surface area contributed by atoms with Crippen LogP contribution in [0.3, 0.4) is 0 Å². The van der Waals surface area contributed by atoms with Crippen LogP contribution in [0.2, 0.25) is 0 Å². The van der Waals surface area contributed by atoms with E-state index in [1.165, 1.54) is 30.2 Å². The molecule has 3 heteroatoms. The molecule has 1 saturated heterocycles. The predicted molar refractivity (Wildman–Crippen MR) is 81.8 cm³/mol. The van der Waals surface area contributed by atoms with Crippen molar-refractivity contribution in [1.82, 2.24) is 10.3 Å². The zero-order chi connectivity index (χ0) is 13.8. The molecule has 1 aromatic carbocycles. The molecule has 1 fully saturated rings. The van der Waals surface area contributed by atoms with Gasteiger partial charge in [0.2, 0.25) is 0 Å². The van der Waals surface area contributed by atoms with Crippen molar-refractivity contribution in [3.63, 3.8) is 0 Å². The molecule has 0 amide bonds. The smallest absolute Gasteiger partial charge is 0.0702 e. The molecule has 2 aromatic rings. The van der Waals surface area contributed by atoms with Gasteiger partial charge in [0.1, 0.15) is 0 Å². The fourth-order valence-electron chi connectivity index (χ4n) is 2.99. The van der Waals surface area contributed by atoms with Crippen LogP contribution < -0.4 is 5.32 Å². The largest absolute Gasteiger partial charge is 0.378 e. The van der Waals surface area contributed by atoms with E-state index in [-0.39, 0.29) is 0 Å². The van der Waals surface area contributed by atoms with E-state index >= 15 is 0 Å². The first kappa shape index (κ1) is 13.5. The highest BCUT2D eigenvalue weighted by atomic mass is 16.5. The quantitative estimate of drug-likeness (QED) is 0.924. The molecule has 106 valence electrons. The summed E-state index contributed by atoms with van der Waals surface area (Å²) >= 11 is 0. The van der Waals surface area contributed by atoms with E-state index in [4.69, 9.17) is 4.74 Å². The number of fused-ring (bicyclic) bond motifs is 1. The van der Waals surface area contributed by atoms with E-state index in [2.05, 4.69) is 34.6 Å². The Balaban J connectivity index is 1.79. The first-order valence-electron chi connectivity index (χ1n) is 7.50. The summed E-state index contributed by atoms with van der Waals surface area (Å²) in [7, 11) is 2.03. The fourth-order valence-corrected chi connectivity index (χ4v) is 2.99. The zero-order valence-electron chi connectivity index (χ0n) is 12.0. The number of hydrogen-bond donors (Lipinski definition) is 1. The van der Waals surface area contributed by atoms with E-state index in [9.17, 15) is 0 Å². The van der Waals surface area contributed by atoms with E-state index in [1.807, 2.05) is 19.3 Å². The molecule has 1 aliphatic rings. The van der Waals surface area contributed by atoms with Crippen molar-refractivity contribution >= 4 is 10.9 Å². The second-order valence-electron chi connectivity index (χ2n) is 5.52. The molecule has 20 heavy (non-hydrogen) atoms. The molecular formula is C17H22N2O. The molecule has 0 bridgehead atoms. The SMILES string of the molecule is CNC(CC1CCCCO1)c1ccc2ncccc2c1. The van der Waals surface area contributed by atoms with Crippen molar-refractivity contribution in [2.75, 3.05) is 13.7 Å². The molecule has 0 saturated carbocycles. The van der Waals surface area contributed by atoms with Gasteiger partial charge in [-0.15, -0.1) is 0 Å². The van der Waals surface area contributed by atoms with Gasteiger partial charge < -0.3 is 10.1 Å². The van der Waals surface area contributed by atoms with Crippen LogP contribution in [0.15, 0.2) is 36.5 Å². The van der Waals surface area contributed by atoms with Gasteiger partial charge in [-0.3, -0.25) is 4.98 Å². The van der Waals surface area contributed by atoms with Crippen LogP contribution in [-0.2, 0) is 4.74 Å². The lowest BCUT2D eigenvalue weighted by atomic mass is 9.96. The molecule has 3 nitrogen and oxygen atoms in total. The van der Waals surface area contributed by atoms with Crippen molar-refractivity contribution in [3.05, 3.63) is 42.1 Å². The summed E-state index contributed by atoms with van der Waals surface area (Å²) in [6.45, 7) is 0.919. The number of hydrogen-bond acceptors (Lipinski definition) is 3. The number of aromatic nitrogens is 1. The number of benzene rings is 1. The topological polar surface area (TPSA) is 34.1 Å². The highest BCUT2D eigenvalue weighted by Crippen LogP contribution is 2.26. The van der Waals surface area contributed by atoms with Crippen LogP contribution in [0.4, 0.5) is 0 Å². The molecule has 2 unspecified atom stereocenters. The maximum atomic E-state index is 5.87. The Labute approximate surface area is 120 Å². The van der Waals surface area contributed by atoms with E-state index in [1.54, 1.807) is 0 Å². The summed E-state index contributed by atoms with van der Waals surface area (Å²) in [6.07, 6.45) is 6.97. The molecule has 2 atom stereocenters. The Kier molecular flexibility index (Phi) is 4.28. The van der Waals surface area contributed by atoms with E-state index < -0.39 is 0 Å². The van der Waals surface area contributed by atoms with Crippen LogP contribution in [0.25, 0.3) is 10.9 Å². The minimum absolute atomic E-state index is 0.350. The molecule has 3 rings (SSSR count). The fraction of sp³-hybridized carbons (Fsp3) is 0.471. The molecule has 0 spiro atoms. The lowest BCUT2D eigenvalue weighted by Gasteiger charge is -2.27. The van der Waals surface area contributed by atoms with Gasteiger partial charge >= 0.3 is 0 Å². The molecule has 0 aliphatic carbocycles. The van der Waals surface area contributed by atoms with Gasteiger partial charge in [-0.1, -0.05) is 12.1 Å². The van der Waals surface area contributed by atoms with Gasteiger partial charge in [-0.05, 0) is 56.5 Å². The van der Waals surface area contributed by atoms with Gasteiger partial charge in [0.15, 0.2) is 0 Å². The van der Waals surface area contributed by atoms with Crippen LogP contribution in [-0.4, -0.2) is 24.7 Å². The van der Waals surface area contributed by atoms with Crippen molar-refractivity contribution < 1.29 is 4.74 Å². The second-order valence-corrected chi connectivity index (χ2v) is 5.52. The van der Waals surface area contributed by atoms with Crippen molar-refractivity contribution in [2.24, 2.45) is 0 Å². The highest BCUT2D eigenvalue weighted by Gasteiger charge is 2.19. The summed E-state index contributed by atoms with van der Waals surface area (Å²) in [6, 6.07) is 11.0. The monoisotopic (exact) mass is 270 g/mol.